The second kappa shape index (κ2) is 5.26. The lowest BCUT2D eigenvalue weighted by molar-refractivity contribution is 0.103. The maximum absolute atomic E-state index is 5.71. The second-order valence-electron chi connectivity index (χ2n) is 4.85. The monoisotopic (exact) mass is 232 g/mol. The van der Waals surface area contributed by atoms with E-state index in [1.165, 1.54) is 5.56 Å². The molecule has 17 heavy (non-hydrogen) atoms. The lowest BCUT2D eigenvalue weighted by Crippen LogP contribution is -2.15. The van der Waals surface area contributed by atoms with Crippen molar-refractivity contribution < 1.29 is 9.47 Å². The first kappa shape index (κ1) is 12.0. The van der Waals surface area contributed by atoms with Gasteiger partial charge >= 0.3 is 0 Å². The van der Waals surface area contributed by atoms with Gasteiger partial charge in [0.15, 0.2) is 0 Å². The van der Waals surface area contributed by atoms with E-state index >= 15 is 0 Å². The molecule has 0 bridgehead atoms. The number of allylic oxidation sites excluding steroid dienone is 1. The van der Waals surface area contributed by atoms with Gasteiger partial charge in [0.1, 0.15) is 18.5 Å². The van der Waals surface area contributed by atoms with E-state index in [9.17, 15) is 0 Å². The molecule has 1 aromatic carbocycles. The van der Waals surface area contributed by atoms with Crippen LogP contribution in [0.2, 0.25) is 0 Å². The Labute approximate surface area is 103 Å². The number of hydrogen-bond acceptors (Lipinski definition) is 2. The van der Waals surface area contributed by atoms with Crippen LogP contribution < -0.4 is 4.74 Å². The Hall–Kier alpha value is -1.44. The Morgan fingerprint density at radius 3 is 2.59 bits per heavy atom. The fraction of sp³-hybridized carbons (Fsp3) is 0.467. The van der Waals surface area contributed by atoms with Gasteiger partial charge in [-0.25, -0.2) is 0 Å². The smallest absolute Gasteiger partial charge is 0.132 e. The summed E-state index contributed by atoms with van der Waals surface area (Å²) in [7, 11) is 0. The first-order valence-corrected chi connectivity index (χ1v) is 6.22. The normalized spacial score (nSPS) is 19.5. The van der Waals surface area contributed by atoms with E-state index in [1.54, 1.807) is 0 Å². The van der Waals surface area contributed by atoms with Gasteiger partial charge in [0.2, 0.25) is 0 Å². The highest BCUT2D eigenvalue weighted by molar-refractivity contribution is 5.28. The van der Waals surface area contributed by atoms with Crippen LogP contribution in [0.1, 0.15) is 38.2 Å². The summed E-state index contributed by atoms with van der Waals surface area (Å²) in [4.78, 5) is 0. The van der Waals surface area contributed by atoms with Gasteiger partial charge < -0.3 is 9.47 Å². The largest absolute Gasteiger partial charge is 0.492 e. The number of benzene rings is 1. The van der Waals surface area contributed by atoms with Gasteiger partial charge in [-0.2, -0.15) is 0 Å². The molecule has 2 nitrogen and oxygen atoms in total. The molecule has 0 aliphatic carbocycles. The summed E-state index contributed by atoms with van der Waals surface area (Å²) in [5.74, 6) is 2.36. The fourth-order valence-electron chi connectivity index (χ4n) is 1.93. The number of hydrogen-bond donors (Lipinski definition) is 0. The second-order valence-corrected chi connectivity index (χ2v) is 4.85. The van der Waals surface area contributed by atoms with Gasteiger partial charge in [0.25, 0.3) is 0 Å². The third-order valence-corrected chi connectivity index (χ3v) is 3.06. The maximum Gasteiger partial charge on any atom is 0.132 e. The van der Waals surface area contributed by atoms with Crippen LogP contribution >= 0.6 is 0 Å². The van der Waals surface area contributed by atoms with E-state index in [0.717, 1.165) is 24.4 Å². The summed E-state index contributed by atoms with van der Waals surface area (Å²) >= 11 is 0. The van der Waals surface area contributed by atoms with Crippen LogP contribution in [0.5, 0.6) is 5.75 Å². The minimum absolute atomic E-state index is 0.173. The van der Waals surface area contributed by atoms with Crippen molar-refractivity contribution in [3.05, 3.63) is 42.2 Å². The molecular formula is C15H20O2. The van der Waals surface area contributed by atoms with Crippen molar-refractivity contribution in [2.24, 2.45) is 0 Å². The van der Waals surface area contributed by atoms with Crippen LogP contribution in [0.15, 0.2) is 36.6 Å². The quantitative estimate of drug-likeness (QED) is 0.784. The predicted molar refractivity (Wildman–Crippen MR) is 69.3 cm³/mol. The molecule has 1 heterocycles. The summed E-state index contributed by atoms with van der Waals surface area (Å²) < 4.78 is 11.2. The molecule has 0 radical (unpaired) electrons. The molecule has 1 atom stereocenters. The van der Waals surface area contributed by atoms with E-state index in [0.29, 0.717) is 12.5 Å². The zero-order valence-corrected chi connectivity index (χ0v) is 10.6. The highest BCUT2D eigenvalue weighted by atomic mass is 16.5. The van der Waals surface area contributed by atoms with Crippen molar-refractivity contribution in [2.75, 3.05) is 6.61 Å². The zero-order chi connectivity index (χ0) is 12.3. The average Bonchev–Trinajstić information content (AvgIpc) is 2.73. The molecule has 1 fully saturated rings. The SMILES string of the molecule is C=C1CCC(COc2ccc(C(C)C)cc2)O1. The molecule has 0 N–H and O–H groups in total. The van der Waals surface area contributed by atoms with Gasteiger partial charge in [0, 0.05) is 6.42 Å². The third-order valence-electron chi connectivity index (χ3n) is 3.06. The molecule has 2 heteroatoms. The van der Waals surface area contributed by atoms with Crippen LogP contribution in [-0.2, 0) is 4.74 Å². The van der Waals surface area contributed by atoms with Crippen LogP contribution in [-0.4, -0.2) is 12.7 Å². The minimum atomic E-state index is 0.173. The van der Waals surface area contributed by atoms with Gasteiger partial charge in [-0.3, -0.25) is 0 Å². The van der Waals surface area contributed by atoms with Gasteiger partial charge in [0.05, 0.1) is 5.76 Å². The maximum atomic E-state index is 5.71. The average molecular weight is 232 g/mol. The highest BCUT2D eigenvalue weighted by Gasteiger charge is 2.19. The van der Waals surface area contributed by atoms with Gasteiger partial charge in [-0.1, -0.05) is 32.6 Å². The Kier molecular flexibility index (Phi) is 3.72. The van der Waals surface area contributed by atoms with E-state index in [-0.39, 0.29) is 6.10 Å². The molecule has 0 aromatic heterocycles. The number of ether oxygens (including phenoxy) is 2. The van der Waals surface area contributed by atoms with Crippen molar-refractivity contribution in [2.45, 2.75) is 38.7 Å². The molecule has 0 spiro atoms. The van der Waals surface area contributed by atoms with Crippen molar-refractivity contribution in [3.8, 4) is 5.75 Å². The zero-order valence-electron chi connectivity index (χ0n) is 10.6. The minimum Gasteiger partial charge on any atom is -0.492 e. The first-order chi connectivity index (χ1) is 8.15. The predicted octanol–water partition coefficient (Wildman–Crippen LogP) is 3.88. The number of rotatable bonds is 4. The summed E-state index contributed by atoms with van der Waals surface area (Å²) in [6.07, 6.45) is 2.15. The van der Waals surface area contributed by atoms with Crippen molar-refractivity contribution in [1.29, 1.82) is 0 Å². The van der Waals surface area contributed by atoms with Gasteiger partial charge in [-0.15, -0.1) is 0 Å². The van der Waals surface area contributed by atoms with Crippen molar-refractivity contribution in [3.63, 3.8) is 0 Å². The molecule has 1 aliphatic heterocycles. The summed E-state index contributed by atoms with van der Waals surface area (Å²) in [5.41, 5.74) is 1.34. The lowest BCUT2D eigenvalue weighted by Gasteiger charge is -2.13. The Bertz CT molecular complexity index is 378. The molecule has 1 aliphatic rings. The molecule has 1 aromatic rings. The van der Waals surface area contributed by atoms with Crippen LogP contribution in [0.25, 0.3) is 0 Å². The molecule has 1 saturated heterocycles. The van der Waals surface area contributed by atoms with Crippen LogP contribution in [0.3, 0.4) is 0 Å². The van der Waals surface area contributed by atoms with E-state index in [2.05, 4.69) is 32.6 Å². The summed E-state index contributed by atoms with van der Waals surface area (Å²) in [5, 5.41) is 0. The molecular weight excluding hydrogens is 212 g/mol. The Balaban J connectivity index is 1.85. The Morgan fingerprint density at radius 1 is 1.35 bits per heavy atom. The summed E-state index contributed by atoms with van der Waals surface area (Å²) in [6, 6.07) is 8.29. The van der Waals surface area contributed by atoms with E-state index in [4.69, 9.17) is 9.47 Å². The third kappa shape index (κ3) is 3.26. The molecule has 2 rings (SSSR count). The van der Waals surface area contributed by atoms with E-state index < -0.39 is 0 Å². The van der Waals surface area contributed by atoms with Crippen molar-refractivity contribution >= 4 is 0 Å². The standard InChI is InChI=1S/C15H20O2/c1-11(2)13-5-8-14(9-6-13)16-10-15-7-4-12(3)17-15/h5-6,8-9,11,15H,3-4,7,10H2,1-2H3. The first-order valence-electron chi connectivity index (χ1n) is 6.22. The highest BCUT2D eigenvalue weighted by Crippen LogP contribution is 2.23. The summed E-state index contributed by atoms with van der Waals surface area (Å²) in [6.45, 7) is 8.80. The van der Waals surface area contributed by atoms with Crippen LogP contribution in [0, 0.1) is 0 Å². The molecule has 92 valence electrons. The van der Waals surface area contributed by atoms with Gasteiger partial charge in [-0.05, 0) is 30.0 Å². The van der Waals surface area contributed by atoms with E-state index in [1.807, 2.05) is 12.1 Å². The molecule has 1 unspecified atom stereocenters. The Morgan fingerprint density at radius 2 is 2.06 bits per heavy atom. The molecule has 0 amide bonds. The lowest BCUT2D eigenvalue weighted by atomic mass is 10.0. The van der Waals surface area contributed by atoms with Crippen LogP contribution in [0.4, 0.5) is 0 Å². The molecule has 0 saturated carbocycles. The topological polar surface area (TPSA) is 18.5 Å². The van der Waals surface area contributed by atoms with Crippen molar-refractivity contribution in [1.82, 2.24) is 0 Å². The fourth-order valence-corrected chi connectivity index (χ4v) is 1.93.